The summed E-state index contributed by atoms with van der Waals surface area (Å²) in [6, 6.07) is 0. The summed E-state index contributed by atoms with van der Waals surface area (Å²) < 4.78 is 151. The van der Waals surface area contributed by atoms with E-state index >= 15 is 0 Å². The Balaban J connectivity index is 6.80. The second-order valence-corrected chi connectivity index (χ2v) is 4.48. The van der Waals surface area contributed by atoms with E-state index in [2.05, 4.69) is 23.2 Å². The lowest BCUT2D eigenvalue weighted by molar-refractivity contribution is -0.348. The maximum Gasteiger partial charge on any atom is 0.443 e. The van der Waals surface area contributed by atoms with E-state index in [1.54, 1.807) is 0 Å². The van der Waals surface area contributed by atoms with Gasteiger partial charge in [-0.3, -0.25) is 0 Å². The van der Waals surface area contributed by atoms with Gasteiger partial charge in [0.25, 0.3) is 0 Å². The minimum atomic E-state index is -7.28. The Morgan fingerprint density at radius 3 is 1.35 bits per heavy atom. The summed E-state index contributed by atoms with van der Waals surface area (Å²) in [6.07, 6.45) is -14.1. The van der Waals surface area contributed by atoms with Gasteiger partial charge in [0, 0.05) is 0 Å². The third kappa shape index (κ3) is 3.60. The number of rotatable bonds is 3. The van der Waals surface area contributed by atoms with Gasteiger partial charge in [-0.1, -0.05) is 11.6 Å². The van der Waals surface area contributed by atoms with Gasteiger partial charge < -0.3 is 0 Å². The van der Waals surface area contributed by atoms with Crippen molar-refractivity contribution in [2.24, 2.45) is 0 Å². The predicted molar refractivity (Wildman–Crippen MR) is 52.7 cm³/mol. The van der Waals surface area contributed by atoms with Crippen LogP contribution in [0.25, 0.3) is 0 Å². The fraction of sp³-hybridized carbons (Fsp3) is 0.556. The third-order valence-electron chi connectivity index (χ3n) is 2.14. The second kappa shape index (κ2) is 6.16. The lowest BCUT2D eigenvalue weighted by Gasteiger charge is -2.38. The number of alkyl halides is 11. The van der Waals surface area contributed by atoms with Crippen LogP contribution in [0.5, 0.6) is 0 Å². The number of hydrogen-bond acceptors (Lipinski definition) is 0. The number of allylic oxidation sites excluding steroid dienone is 1. The van der Waals surface area contributed by atoms with Crippen molar-refractivity contribution in [1.29, 1.82) is 0 Å². The standard InChI is InChI=1S/C9Cl2F12/c10-4(13)2-1-3(12)5(14,8(18,19)20)7(16,17)6(11,15)9(21,22)23. The molecule has 0 bridgehead atoms. The Hall–Kier alpha value is -0.960. The predicted octanol–water partition coefficient (Wildman–Crippen LogP) is 6.02. The van der Waals surface area contributed by atoms with E-state index in [1.165, 1.54) is 0 Å². The van der Waals surface area contributed by atoms with Crippen LogP contribution in [-0.4, -0.2) is 29.1 Å². The monoisotopic (exact) mass is 406 g/mol. The zero-order valence-electron chi connectivity index (χ0n) is 9.79. The van der Waals surface area contributed by atoms with Gasteiger partial charge in [-0.05, 0) is 23.1 Å². The van der Waals surface area contributed by atoms with E-state index in [4.69, 9.17) is 0 Å². The molecule has 0 nitrogen and oxygen atoms in total. The van der Waals surface area contributed by atoms with Gasteiger partial charge in [0.15, 0.2) is 0 Å². The maximum atomic E-state index is 13.6. The molecular formula is C9Cl2F12. The lowest BCUT2D eigenvalue weighted by atomic mass is 9.91. The van der Waals surface area contributed by atoms with Crippen molar-refractivity contribution in [3.63, 3.8) is 0 Å². The van der Waals surface area contributed by atoms with Crippen LogP contribution >= 0.6 is 23.2 Å². The number of halogens is 14. The van der Waals surface area contributed by atoms with Gasteiger partial charge in [-0.25, -0.2) is 8.78 Å². The molecule has 0 aliphatic carbocycles. The fourth-order valence-corrected chi connectivity index (χ4v) is 1.20. The maximum absolute atomic E-state index is 13.6. The highest BCUT2D eigenvalue weighted by atomic mass is 35.5. The molecule has 2 atom stereocenters. The summed E-state index contributed by atoms with van der Waals surface area (Å²) in [7, 11) is 0. The van der Waals surface area contributed by atoms with Gasteiger partial charge in [0.2, 0.25) is 11.1 Å². The molecule has 134 valence electrons. The van der Waals surface area contributed by atoms with Gasteiger partial charge in [-0.15, -0.1) is 0 Å². The minimum Gasteiger partial charge on any atom is -0.218 e. The summed E-state index contributed by atoms with van der Waals surface area (Å²) in [6.45, 7) is 0. The summed E-state index contributed by atoms with van der Waals surface area (Å²) in [5.41, 5.74) is -6.29. The molecule has 0 rings (SSSR count). The van der Waals surface area contributed by atoms with E-state index in [0.29, 0.717) is 5.73 Å². The van der Waals surface area contributed by atoms with Gasteiger partial charge in [-0.2, -0.15) is 43.9 Å². The zero-order valence-corrected chi connectivity index (χ0v) is 11.3. The van der Waals surface area contributed by atoms with Crippen molar-refractivity contribution in [3.8, 4) is 0 Å². The van der Waals surface area contributed by atoms with Crippen LogP contribution in [0.15, 0.2) is 22.6 Å². The summed E-state index contributed by atoms with van der Waals surface area (Å²) in [4.78, 5) is 0. The van der Waals surface area contributed by atoms with E-state index in [9.17, 15) is 52.7 Å². The molecule has 0 spiro atoms. The molecule has 0 heterocycles. The Kier molecular flexibility index (Phi) is 5.90. The molecule has 0 aromatic rings. The van der Waals surface area contributed by atoms with Crippen molar-refractivity contribution in [2.75, 3.05) is 0 Å². The number of hydrogen-bond donors (Lipinski definition) is 0. The first-order chi connectivity index (χ1) is 9.84. The van der Waals surface area contributed by atoms with E-state index in [-0.39, 0.29) is 5.73 Å². The lowest BCUT2D eigenvalue weighted by Crippen LogP contribution is -2.67. The van der Waals surface area contributed by atoms with Gasteiger partial charge >= 0.3 is 29.1 Å². The molecule has 0 amide bonds. The average molecular weight is 407 g/mol. The van der Waals surface area contributed by atoms with E-state index in [1.807, 2.05) is 0 Å². The molecule has 0 radical (unpaired) electrons. The molecular weight excluding hydrogens is 407 g/mol. The van der Waals surface area contributed by atoms with Crippen molar-refractivity contribution in [3.05, 3.63) is 22.6 Å². The first-order valence-corrected chi connectivity index (χ1v) is 5.40. The van der Waals surface area contributed by atoms with Crippen LogP contribution in [0.2, 0.25) is 0 Å². The molecule has 0 aromatic heterocycles. The van der Waals surface area contributed by atoms with Crippen LogP contribution in [0.4, 0.5) is 52.7 Å². The van der Waals surface area contributed by atoms with Crippen molar-refractivity contribution < 1.29 is 52.7 Å². The average Bonchev–Trinajstić information content (AvgIpc) is 2.31. The Morgan fingerprint density at radius 1 is 0.696 bits per heavy atom. The largest absolute Gasteiger partial charge is 0.443 e. The highest BCUT2D eigenvalue weighted by Crippen LogP contribution is 2.60. The Morgan fingerprint density at radius 2 is 1.09 bits per heavy atom. The van der Waals surface area contributed by atoms with Crippen molar-refractivity contribution in [2.45, 2.75) is 29.1 Å². The Bertz CT molecular complexity index is 554. The van der Waals surface area contributed by atoms with Crippen molar-refractivity contribution in [1.82, 2.24) is 0 Å². The van der Waals surface area contributed by atoms with Crippen LogP contribution in [-0.2, 0) is 0 Å². The molecule has 0 aliphatic heterocycles. The topological polar surface area (TPSA) is 0 Å². The molecule has 0 aliphatic rings. The molecule has 0 saturated carbocycles. The first-order valence-electron chi connectivity index (χ1n) is 4.65. The molecule has 0 fully saturated rings. The summed E-state index contributed by atoms with van der Waals surface area (Å²) in [5, 5.41) is -8.90. The van der Waals surface area contributed by atoms with Crippen LogP contribution in [0.1, 0.15) is 0 Å². The van der Waals surface area contributed by atoms with Crippen LogP contribution in [0, 0.1) is 0 Å². The molecule has 0 aromatic carbocycles. The molecule has 2 unspecified atom stereocenters. The first kappa shape index (κ1) is 22.0. The zero-order chi connectivity index (χ0) is 19.1. The summed E-state index contributed by atoms with van der Waals surface area (Å²) in [5.74, 6) is -11.2. The van der Waals surface area contributed by atoms with Gasteiger partial charge in [0.1, 0.15) is 0 Å². The van der Waals surface area contributed by atoms with Crippen LogP contribution in [0.3, 0.4) is 0 Å². The van der Waals surface area contributed by atoms with E-state index < -0.39 is 40.2 Å². The van der Waals surface area contributed by atoms with Crippen LogP contribution < -0.4 is 0 Å². The SMILES string of the molecule is FC(Cl)=C=C=C(F)C(F)(C(F)(F)F)C(F)(F)C(F)(Cl)C(F)(F)F. The fourth-order valence-electron chi connectivity index (χ4n) is 1.02. The highest BCUT2D eigenvalue weighted by Gasteiger charge is 2.87. The van der Waals surface area contributed by atoms with Crippen molar-refractivity contribution >= 4 is 23.2 Å². The van der Waals surface area contributed by atoms with Gasteiger partial charge in [0.05, 0.1) is 0 Å². The normalized spacial score (nSPS) is 18.3. The molecule has 0 saturated heterocycles. The van der Waals surface area contributed by atoms with E-state index in [0.717, 1.165) is 0 Å². The minimum absolute atomic E-state index is 0.147. The summed E-state index contributed by atoms with van der Waals surface area (Å²) >= 11 is 7.97. The highest BCUT2D eigenvalue weighted by molar-refractivity contribution is 6.28. The smallest absolute Gasteiger partial charge is 0.218 e. The quantitative estimate of drug-likeness (QED) is 0.305. The molecule has 14 heteroatoms. The second-order valence-electron chi connectivity index (χ2n) is 3.63. The Labute approximate surface area is 128 Å². The molecule has 23 heavy (non-hydrogen) atoms. The third-order valence-corrected chi connectivity index (χ3v) is 2.69. The molecule has 0 N–H and O–H groups in total.